The molecule has 0 unspecified atom stereocenters. The van der Waals surface area contributed by atoms with Gasteiger partial charge < -0.3 is 14.8 Å². The molecule has 0 fully saturated rings. The van der Waals surface area contributed by atoms with Crippen molar-refractivity contribution in [2.24, 2.45) is 0 Å². The number of rotatable bonds is 7. The van der Waals surface area contributed by atoms with Gasteiger partial charge in [0.25, 0.3) is 0 Å². The molecular weight excluding hydrogens is 380 g/mol. The van der Waals surface area contributed by atoms with Crippen LogP contribution in [0.3, 0.4) is 0 Å². The van der Waals surface area contributed by atoms with Gasteiger partial charge >= 0.3 is 0 Å². The average molecular weight is 402 g/mol. The van der Waals surface area contributed by atoms with Crippen LogP contribution in [-0.4, -0.2) is 44.9 Å². The summed E-state index contributed by atoms with van der Waals surface area (Å²) < 4.78 is 12.6. The summed E-state index contributed by atoms with van der Waals surface area (Å²) in [6, 6.07) is 10.2. The molecule has 1 aliphatic rings. The normalized spacial score (nSPS) is 12.7. The molecule has 0 saturated carbocycles. The zero-order chi connectivity index (χ0) is 20.3. The Kier molecular flexibility index (Phi) is 4.98. The lowest BCUT2D eigenvalue weighted by atomic mass is 10.1. The number of hydrogen-bond acceptors (Lipinski definition) is 7. The Morgan fingerprint density at radius 1 is 1.17 bits per heavy atom. The van der Waals surface area contributed by atoms with Gasteiger partial charge in [0.15, 0.2) is 5.65 Å². The van der Waals surface area contributed by atoms with Gasteiger partial charge in [-0.1, -0.05) is 18.2 Å². The summed E-state index contributed by atoms with van der Waals surface area (Å²) in [5, 5.41) is 11.8. The Morgan fingerprint density at radius 3 is 3.00 bits per heavy atom. The van der Waals surface area contributed by atoms with E-state index < -0.39 is 0 Å². The highest BCUT2D eigenvalue weighted by molar-refractivity contribution is 5.77. The number of anilines is 1. The number of ether oxygens (including phenoxy) is 2. The number of nitrogens with one attached hydrogen (secondary N) is 1. The van der Waals surface area contributed by atoms with Gasteiger partial charge in [0.1, 0.15) is 12.1 Å². The van der Waals surface area contributed by atoms with Gasteiger partial charge in [-0.05, 0) is 17.7 Å². The molecule has 1 aromatic carbocycles. The summed E-state index contributed by atoms with van der Waals surface area (Å²) in [4.78, 5) is 9.15. The number of methoxy groups -OCH3 is 1. The molecule has 1 N–H and O–H groups in total. The molecule has 1 aliphatic heterocycles. The van der Waals surface area contributed by atoms with E-state index in [4.69, 9.17) is 9.47 Å². The standard InChI is InChI=1S/C22H22N6O2/c1-29-9-7-17-6-5-16(11-23-17)19-13-25-22(28-14-26-27-21(19)28)24-12-15-3-2-4-20-18(15)8-10-30-20/h2-6,11,13-14H,7-10,12H2,1H3,(H,24,25). The van der Waals surface area contributed by atoms with Crippen LogP contribution in [0.25, 0.3) is 16.8 Å². The van der Waals surface area contributed by atoms with Gasteiger partial charge in [0.2, 0.25) is 5.95 Å². The molecule has 30 heavy (non-hydrogen) atoms. The molecule has 3 aromatic heterocycles. The number of aromatic nitrogens is 5. The third-order valence-electron chi connectivity index (χ3n) is 5.31. The van der Waals surface area contributed by atoms with E-state index in [9.17, 15) is 0 Å². The van der Waals surface area contributed by atoms with Crippen molar-refractivity contribution >= 4 is 11.6 Å². The van der Waals surface area contributed by atoms with Gasteiger partial charge in [-0.15, -0.1) is 10.2 Å². The van der Waals surface area contributed by atoms with Crippen LogP contribution in [0.4, 0.5) is 5.95 Å². The van der Waals surface area contributed by atoms with Crippen LogP contribution in [0, 0.1) is 0 Å². The van der Waals surface area contributed by atoms with Crippen molar-refractivity contribution in [1.29, 1.82) is 0 Å². The first-order chi connectivity index (χ1) is 14.8. The predicted molar refractivity (Wildman–Crippen MR) is 113 cm³/mol. The van der Waals surface area contributed by atoms with Crippen molar-refractivity contribution < 1.29 is 9.47 Å². The van der Waals surface area contributed by atoms with E-state index in [1.165, 1.54) is 11.1 Å². The fourth-order valence-corrected chi connectivity index (χ4v) is 3.73. The van der Waals surface area contributed by atoms with E-state index in [0.717, 1.165) is 47.7 Å². The van der Waals surface area contributed by atoms with Gasteiger partial charge in [-0.3, -0.25) is 9.38 Å². The second-order valence-electron chi connectivity index (χ2n) is 7.15. The molecule has 5 rings (SSSR count). The van der Waals surface area contributed by atoms with E-state index >= 15 is 0 Å². The lowest BCUT2D eigenvalue weighted by Crippen LogP contribution is -2.08. The Labute approximate surface area is 173 Å². The number of fused-ring (bicyclic) bond motifs is 2. The molecule has 0 aliphatic carbocycles. The smallest absolute Gasteiger partial charge is 0.210 e. The largest absolute Gasteiger partial charge is 0.493 e. The third-order valence-corrected chi connectivity index (χ3v) is 5.31. The summed E-state index contributed by atoms with van der Waals surface area (Å²) in [5.74, 6) is 1.67. The van der Waals surface area contributed by atoms with Crippen LogP contribution in [-0.2, 0) is 24.1 Å². The summed E-state index contributed by atoms with van der Waals surface area (Å²) in [7, 11) is 1.69. The minimum absolute atomic E-state index is 0.652. The topological polar surface area (TPSA) is 86.5 Å². The first kappa shape index (κ1) is 18.5. The van der Waals surface area contributed by atoms with Crippen LogP contribution >= 0.6 is 0 Å². The quantitative estimate of drug-likeness (QED) is 0.509. The second-order valence-corrected chi connectivity index (χ2v) is 7.15. The first-order valence-corrected chi connectivity index (χ1v) is 9.94. The highest BCUT2D eigenvalue weighted by atomic mass is 16.5. The minimum Gasteiger partial charge on any atom is -0.493 e. The average Bonchev–Trinajstić information content (AvgIpc) is 3.46. The third kappa shape index (κ3) is 3.46. The molecule has 4 aromatic rings. The molecule has 0 amide bonds. The number of benzene rings is 1. The Hall–Kier alpha value is -3.52. The highest BCUT2D eigenvalue weighted by Crippen LogP contribution is 2.29. The lowest BCUT2D eigenvalue weighted by Gasteiger charge is -2.12. The number of pyridine rings is 1. The molecule has 152 valence electrons. The zero-order valence-electron chi connectivity index (χ0n) is 16.7. The summed E-state index contributed by atoms with van der Waals surface area (Å²) >= 11 is 0. The van der Waals surface area contributed by atoms with Crippen molar-refractivity contribution in [3.63, 3.8) is 0 Å². The fraction of sp³-hybridized carbons (Fsp3) is 0.273. The molecular formula is C22H22N6O2. The number of hydrogen-bond donors (Lipinski definition) is 1. The van der Waals surface area contributed by atoms with Gasteiger partial charge in [0.05, 0.1) is 13.2 Å². The fourth-order valence-electron chi connectivity index (χ4n) is 3.73. The Balaban J connectivity index is 1.40. The maximum absolute atomic E-state index is 5.66. The van der Waals surface area contributed by atoms with Crippen molar-refractivity contribution in [1.82, 2.24) is 24.6 Å². The zero-order valence-corrected chi connectivity index (χ0v) is 16.7. The molecule has 4 heterocycles. The SMILES string of the molecule is COCCc1ccc(-c2cnc(NCc3cccc4c3CCO4)n3cnnc23)cn1. The maximum atomic E-state index is 5.66. The molecule has 0 spiro atoms. The number of nitrogens with zero attached hydrogens (tertiary/aromatic N) is 5. The van der Waals surface area contributed by atoms with E-state index in [0.29, 0.717) is 19.1 Å². The molecule has 0 radical (unpaired) electrons. The monoisotopic (exact) mass is 402 g/mol. The van der Waals surface area contributed by atoms with E-state index in [1.54, 1.807) is 13.4 Å². The molecule has 8 heteroatoms. The first-order valence-electron chi connectivity index (χ1n) is 9.94. The van der Waals surface area contributed by atoms with Gasteiger partial charge in [-0.2, -0.15) is 0 Å². The molecule has 0 atom stereocenters. The second kappa shape index (κ2) is 8.08. The molecule has 0 bridgehead atoms. The van der Waals surface area contributed by atoms with Crippen LogP contribution in [0.5, 0.6) is 5.75 Å². The van der Waals surface area contributed by atoms with Crippen molar-refractivity contribution in [2.75, 3.05) is 25.6 Å². The van der Waals surface area contributed by atoms with Crippen LogP contribution < -0.4 is 10.1 Å². The van der Waals surface area contributed by atoms with Crippen molar-refractivity contribution in [3.8, 4) is 16.9 Å². The Bertz CT molecular complexity index is 1170. The van der Waals surface area contributed by atoms with Crippen molar-refractivity contribution in [2.45, 2.75) is 19.4 Å². The predicted octanol–water partition coefficient (Wildman–Crippen LogP) is 2.92. The van der Waals surface area contributed by atoms with Crippen LogP contribution in [0.1, 0.15) is 16.8 Å². The van der Waals surface area contributed by atoms with E-state index in [2.05, 4.69) is 31.5 Å². The Morgan fingerprint density at radius 2 is 2.13 bits per heavy atom. The van der Waals surface area contributed by atoms with Crippen LogP contribution in [0.2, 0.25) is 0 Å². The summed E-state index contributed by atoms with van der Waals surface area (Å²) in [5.41, 5.74) is 6.04. The van der Waals surface area contributed by atoms with Gasteiger partial charge in [-0.25, -0.2) is 4.98 Å². The lowest BCUT2D eigenvalue weighted by molar-refractivity contribution is 0.201. The molecule has 0 saturated heterocycles. The summed E-state index contributed by atoms with van der Waals surface area (Å²) in [6.07, 6.45) is 7.06. The van der Waals surface area contributed by atoms with E-state index in [-0.39, 0.29) is 0 Å². The van der Waals surface area contributed by atoms with E-state index in [1.807, 2.05) is 41.1 Å². The van der Waals surface area contributed by atoms with Gasteiger partial charge in [0, 0.05) is 61.3 Å². The summed E-state index contributed by atoms with van der Waals surface area (Å²) in [6.45, 7) is 2.05. The van der Waals surface area contributed by atoms with Crippen LogP contribution in [0.15, 0.2) is 49.1 Å². The minimum atomic E-state index is 0.652. The maximum Gasteiger partial charge on any atom is 0.210 e. The van der Waals surface area contributed by atoms with Crippen molar-refractivity contribution in [3.05, 3.63) is 65.9 Å². The molecule has 8 nitrogen and oxygen atoms in total. The highest BCUT2D eigenvalue weighted by Gasteiger charge is 2.16.